The zero-order valence-corrected chi connectivity index (χ0v) is 12.8. The molecule has 0 saturated carbocycles. The molecule has 1 aromatic rings. The molecule has 0 bridgehead atoms. The van der Waals surface area contributed by atoms with E-state index in [2.05, 4.69) is 15.3 Å². The third kappa shape index (κ3) is 9.30. The highest BCUT2D eigenvalue weighted by molar-refractivity contribution is 5.08. The lowest BCUT2D eigenvalue weighted by atomic mass is 10.4. The van der Waals surface area contributed by atoms with Crippen LogP contribution in [0.4, 0.5) is 0 Å². The first-order chi connectivity index (χ1) is 10.4. The van der Waals surface area contributed by atoms with Gasteiger partial charge in [0.2, 0.25) is 5.88 Å². The van der Waals surface area contributed by atoms with Crippen LogP contribution in [0.3, 0.4) is 0 Å². The second-order valence-electron chi connectivity index (χ2n) is 4.19. The van der Waals surface area contributed by atoms with Crippen LogP contribution in [-0.2, 0) is 20.8 Å². The molecule has 1 N–H and O–H groups in total. The number of hydrogen-bond acceptors (Lipinski definition) is 7. The van der Waals surface area contributed by atoms with Crippen molar-refractivity contribution in [1.82, 2.24) is 15.3 Å². The van der Waals surface area contributed by atoms with Crippen molar-refractivity contribution >= 4 is 0 Å². The van der Waals surface area contributed by atoms with Gasteiger partial charge in [-0.1, -0.05) is 6.92 Å². The van der Waals surface area contributed by atoms with E-state index in [1.54, 1.807) is 19.5 Å². The highest BCUT2D eigenvalue weighted by Gasteiger charge is 1.99. The van der Waals surface area contributed by atoms with Crippen molar-refractivity contribution in [1.29, 1.82) is 0 Å². The van der Waals surface area contributed by atoms with Crippen molar-refractivity contribution in [2.75, 3.05) is 53.3 Å². The maximum atomic E-state index is 5.48. The number of nitrogens with one attached hydrogen (secondary N) is 1. The fourth-order valence-electron chi connectivity index (χ4n) is 1.46. The van der Waals surface area contributed by atoms with E-state index in [9.17, 15) is 0 Å². The molecule has 120 valence electrons. The van der Waals surface area contributed by atoms with Gasteiger partial charge in [0.25, 0.3) is 0 Å². The maximum absolute atomic E-state index is 5.48. The third-order valence-electron chi connectivity index (χ3n) is 2.50. The molecule has 0 aromatic carbocycles. The summed E-state index contributed by atoms with van der Waals surface area (Å²) in [6.07, 6.45) is 3.33. The lowest BCUT2D eigenvalue weighted by Gasteiger charge is -2.08. The first-order valence-corrected chi connectivity index (χ1v) is 7.15. The van der Waals surface area contributed by atoms with Crippen LogP contribution in [0.1, 0.15) is 12.6 Å². The van der Waals surface area contributed by atoms with E-state index in [0.29, 0.717) is 52.1 Å². The molecule has 0 unspecified atom stereocenters. The standard InChI is InChI=1S/C14H25N3O4/c1-3-15-10-13-11-16-12-14(17-13)21-9-8-20-7-6-19-5-4-18-2/h11-12,15H,3-10H2,1-2H3. The van der Waals surface area contributed by atoms with Crippen molar-refractivity contribution in [2.45, 2.75) is 13.5 Å². The third-order valence-corrected chi connectivity index (χ3v) is 2.50. The van der Waals surface area contributed by atoms with Crippen molar-refractivity contribution in [3.63, 3.8) is 0 Å². The second-order valence-corrected chi connectivity index (χ2v) is 4.19. The van der Waals surface area contributed by atoms with Crippen LogP contribution in [0.2, 0.25) is 0 Å². The number of ether oxygens (including phenoxy) is 4. The molecule has 21 heavy (non-hydrogen) atoms. The van der Waals surface area contributed by atoms with Crippen LogP contribution < -0.4 is 10.1 Å². The number of aromatic nitrogens is 2. The Morgan fingerprint density at radius 1 is 1.00 bits per heavy atom. The van der Waals surface area contributed by atoms with Gasteiger partial charge < -0.3 is 24.3 Å². The Kier molecular flexibility index (Phi) is 10.5. The number of methoxy groups -OCH3 is 1. The summed E-state index contributed by atoms with van der Waals surface area (Å²) >= 11 is 0. The fourth-order valence-corrected chi connectivity index (χ4v) is 1.46. The highest BCUT2D eigenvalue weighted by Crippen LogP contribution is 2.04. The summed E-state index contributed by atoms with van der Waals surface area (Å²) in [6.45, 7) is 6.85. The van der Waals surface area contributed by atoms with Gasteiger partial charge in [0.1, 0.15) is 6.61 Å². The van der Waals surface area contributed by atoms with Gasteiger partial charge in [-0.2, -0.15) is 0 Å². The van der Waals surface area contributed by atoms with Crippen LogP contribution >= 0.6 is 0 Å². The average molecular weight is 299 g/mol. The van der Waals surface area contributed by atoms with Crippen LogP contribution in [0, 0.1) is 0 Å². The Morgan fingerprint density at radius 3 is 2.43 bits per heavy atom. The average Bonchev–Trinajstić information content (AvgIpc) is 2.52. The minimum Gasteiger partial charge on any atom is -0.474 e. The molecule has 0 aliphatic carbocycles. The predicted molar refractivity (Wildman–Crippen MR) is 78.4 cm³/mol. The van der Waals surface area contributed by atoms with Gasteiger partial charge in [0, 0.05) is 19.9 Å². The Bertz CT molecular complexity index is 366. The maximum Gasteiger partial charge on any atom is 0.232 e. The van der Waals surface area contributed by atoms with Crippen molar-refractivity contribution in [3.05, 3.63) is 18.1 Å². The van der Waals surface area contributed by atoms with Crippen molar-refractivity contribution in [2.24, 2.45) is 0 Å². The van der Waals surface area contributed by atoms with Crippen LogP contribution in [0.25, 0.3) is 0 Å². The van der Waals surface area contributed by atoms with Crippen LogP contribution in [0.15, 0.2) is 12.4 Å². The molecule has 0 aliphatic heterocycles. The van der Waals surface area contributed by atoms with Crippen molar-refractivity contribution in [3.8, 4) is 5.88 Å². The summed E-state index contributed by atoms with van der Waals surface area (Å²) in [5.74, 6) is 0.519. The molecule has 7 nitrogen and oxygen atoms in total. The first kappa shape index (κ1) is 17.8. The number of nitrogens with zero attached hydrogens (tertiary/aromatic N) is 2. The van der Waals surface area contributed by atoms with Gasteiger partial charge >= 0.3 is 0 Å². The molecule has 0 atom stereocenters. The summed E-state index contributed by atoms with van der Waals surface area (Å²) < 4.78 is 21.0. The second kappa shape index (κ2) is 12.5. The van der Waals surface area contributed by atoms with E-state index in [-0.39, 0.29) is 0 Å². The predicted octanol–water partition coefficient (Wildman–Crippen LogP) is 0.645. The van der Waals surface area contributed by atoms with Gasteiger partial charge in [0.05, 0.1) is 44.9 Å². The molecular weight excluding hydrogens is 274 g/mol. The summed E-state index contributed by atoms with van der Waals surface area (Å²) in [4.78, 5) is 8.43. The Labute approximate surface area is 126 Å². The number of hydrogen-bond donors (Lipinski definition) is 1. The smallest absolute Gasteiger partial charge is 0.232 e. The van der Waals surface area contributed by atoms with E-state index in [1.165, 1.54) is 0 Å². The van der Waals surface area contributed by atoms with E-state index in [1.807, 2.05) is 6.92 Å². The topological polar surface area (TPSA) is 74.7 Å². The minimum absolute atomic E-state index is 0.442. The molecule has 0 radical (unpaired) electrons. The molecule has 0 fully saturated rings. The van der Waals surface area contributed by atoms with E-state index < -0.39 is 0 Å². The van der Waals surface area contributed by atoms with Gasteiger partial charge in [0.15, 0.2) is 0 Å². The molecule has 0 saturated heterocycles. The zero-order valence-electron chi connectivity index (χ0n) is 12.8. The van der Waals surface area contributed by atoms with Crippen molar-refractivity contribution < 1.29 is 18.9 Å². The number of rotatable bonds is 13. The summed E-state index contributed by atoms with van der Waals surface area (Å²) in [6, 6.07) is 0. The molecular formula is C14H25N3O4. The van der Waals surface area contributed by atoms with E-state index in [4.69, 9.17) is 18.9 Å². The molecule has 1 heterocycles. The normalized spacial score (nSPS) is 10.8. The monoisotopic (exact) mass is 299 g/mol. The Morgan fingerprint density at radius 2 is 1.71 bits per heavy atom. The molecule has 1 aromatic heterocycles. The molecule has 7 heteroatoms. The van der Waals surface area contributed by atoms with E-state index >= 15 is 0 Å². The zero-order chi connectivity index (χ0) is 15.2. The van der Waals surface area contributed by atoms with Gasteiger partial charge in [-0.25, -0.2) is 4.98 Å². The highest BCUT2D eigenvalue weighted by atomic mass is 16.6. The summed E-state index contributed by atoms with van der Waals surface area (Å²) in [5.41, 5.74) is 0.863. The van der Waals surface area contributed by atoms with Gasteiger partial charge in [-0.3, -0.25) is 4.98 Å². The largest absolute Gasteiger partial charge is 0.474 e. The SMILES string of the molecule is CCNCc1cncc(OCCOCCOCCOC)n1. The van der Waals surface area contributed by atoms with Crippen LogP contribution in [0.5, 0.6) is 5.88 Å². The Balaban J connectivity index is 2.04. The summed E-state index contributed by atoms with van der Waals surface area (Å²) in [5, 5.41) is 3.19. The molecule has 0 spiro atoms. The molecule has 0 amide bonds. The minimum atomic E-state index is 0.442. The van der Waals surface area contributed by atoms with Crippen LogP contribution in [-0.4, -0.2) is 63.3 Å². The van der Waals surface area contributed by atoms with E-state index in [0.717, 1.165) is 12.2 Å². The van der Waals surface area contributed by atoms with Gasteiger partial charge in [-0.05, 0) is 6.54 Å². The lowest BCUT2D eigenvalue weighted by molar-refractivity contribution is 0.0176. The quantitative estimate of drug-likeness (QED) is 0.536. The Hall–Kier alpha value is -1.28. The fraction of sp³-hybridized carbons (Fsp3) is 0.714. The molecule has 1 rings (SSSR count). The molecule has 0 aliphatic rings. The summed E-state index contributed by atoms with van der Waals surface area (Å²) in [7, 11) is 1.65. The lowest BCUT2D eigenvalue weighted by Crippen LogP contribution is -2.15. The first-order valence-electron chi connectivity index (χ1n) is 7.15. The van der Waals surface area contributed by atoms with Gasteiger partial charge in [-0.15, -0.1) is 0 Å².